The number of benzene rings is 1. The molecule has 0 saturated heterocycles. The van der Waals surface area contributed by atoms with Crippen LogP contribution in [0.5, 0.6) is 0 Å². The fourth-order valence-corrected chi connectivity index (χ4v) is 2.55. The van der Waals surface area contributed by atoms with Crippen LogP contribution in [-0.4, -0.2) is 22.3 Å². The van der Waals surface area contributed by atoms with E-state index in [0.29, 0.717) is 6.54 Å². The number of fused-ring (bicyclic) bond motifs is 1. The predicted octanol–water partition coefficient (Wildman–Crippen LogP) is 1.77. The molecule has 104 valence electrons. The summed E-state index contributed by atoms with van der Waals surface area (Å²) in [6.07, 6.45) is 4.63. The zero-order valence-electron chi connectivity index (χ0n) is 11.2. The van der Waals surface area contributed by atoms with Gasteiger partial charge in [-0.15, -0.1) is 0 Å². The number of carbonyl (C=O) groups is 1. The number of nitrogens with zero attached hydrogens (tertiary/aromatic N) is 1. The minimum Gasteiger partial charge on any atom is -0.335 e. The average molecular weight is 270 g/mol. The fourth-order valence-electron chi connectivity index (χ4n) is 2.55. The Morgan fingerprint density at radius 3 is 3.05 bits per heavy atom. The monoisotopic (exact) mass is 270 g/mol. The van der Waals surface area contributed by atoms with E-state index in [4.69, 9.17) is 0 Å². The molecule has 0 aliphatic heterocycles. The van der Waals surface area contributed by atoms with Crippen molar-refractivity contribution in [2.75, 3.05) is 0 Å². The van der Waals surface area contributed by atoms with Crippen molar-refractivity contribution in [3.63, 3.8) is 0 Å². The summed E-state index contributed by atoms with van der Waals surface area (Å²) in [4.78, 5) is 11.9. The second-order valence-electron chi connectivity index (χ2n) is 5.13. The van der Waals surface area contributed by atoms with Gasteiger partial charge in [0.25, 0.3) is 0 Å². The molecule has 1 aromatic heterocycles. The second-order valence-corrected chi connectivity index (χ2v) is 5.13. The van der Waals surface area contributed by atoms with Crippen LogP contribution in [0.1, 0.15) is 23.2 Å². The summed E-state index contributed by atoms with van der Waals surface area (Å²) in [5, 5.41) is 12.9. The number of carbonyl (C=O) groups excluding carboxylic acids is 1. The Hall–Kier alpha value is -2.30. The Kier molecular flexibility index (Phi) is 3.67. The molecule has 2 aromatic rings. The highest BCUT2D eigenvalue weighted by molar-refractivity contribution is 5.74. The van der Waals surface area contributed by atoms with Gasteiger partial charge in [-0.2, -0.15) is 5.10 Å². The van der Waals surface area contributed by atoms with E-state index < -0.39 is 0 Å². The van der Waals surface area contributed by atoms with Crippen LogP contribution in [0.4, 0.5) is 4.79 Å². The minimum atomic E-state index is -0.109. The lowest BCUT2D eigenvalue weighted by molar-refractivity contribution is 0.235. The van der Waals surface area contributed by atoms with Crippen LogP contribution in [-0.2, 0) is 19.4 Å². The number of amides is 2. The molecule has 0 bridgehead atoms. The first kappa shape index (κ1) is 12.7. The van der Waals surface area contributed by atoms with E-state index in [9.17, 15) is 4.79 Å². The lowest BCUT2D eigenvalue weighted by Crippen LogP contribution is -2.44. The molecule has 0 fully saturated rings. The quantitative estimate of drug-likeness (QED) is 0.795. The molecule has 1 atom stereocenters. The highest BCUT2D eigenvalue weighted by Gasteiger charge is 2.21. The molecule has 1 unspecified atom stereocenters. The Morgan fingerprint density at radius 1 is 1.35 bits per heavy atom. The number of hydrogen-bond acceptors (Lipinski definition) is 2. The SMILES string of the molecule is O=C(NCc1ccccc1)NC1CCc2cn[nH]c2C1. The number of aromatic nitrogens is 2. The number of nitrogens with one attached hydrogen (secondary N) is 3. The normalized spacial score (nSPS) is 17.3. The highest BCUT2D eigenvalue weighted by atomic mass is 16.2. The van der Waals surface area contributed by atoms with Gasteiger partial charge in [-0.05, 0) is 24.0 Å². The van der Waals surface area contributed by atoms with E-state index in [1.165, 1.54) is 5.56 Å². The van der Waals surface area contributed by atoms with Gasteiger partial charge >= 0.3 is 6.03 Å². The molecule has 1 aromatic carbocycles. The molecular weight excluding hydrogens is 252 g/mol. The first-order valence-corrected chi connectivity index (χ1v) is 6.90. The average Bonchev–Trinajstić information content (AvgIpc) is 2.94. The topological polar surface area (TPSA) is 69.8 Å². The number of urea groups is 1. The van der Waals surface area contributed by atoms with Gasteiger partial charge in [-0.1, -0.05) is 30.3 Å². The third kappa shape index (κ3) is 2.99. The fraction of sp³-hybridized carbons (Fsp3) is 0.333. The molecule has 20 heavy (non-hydrogen) atoms. The van der Waals surface area contributed by atoms with Gasteiger partial charge in [-0.3, -0.25) is 5.10 Å². The van der Waals surface area contributed by atoms with E-state index in [1.807, 2.05) is 36.5 Å². The molecule has 3 N–H and O–H groups in total. The first-order valence-electron chi connectivity index (χ1n) is 6.90. The van der Waals surface area contributed by atoms with Crippen LogP contribution in [0.3, 0.4) is 0 Å². The van der Waals surface area contributed by atoms with Gasteiger partial charge in [0.15, 0.2) is 0 Å². The van der Waals surface area contributed by atoms with Crippen molar-refractivity contribution in [3.05, 3.63) is 53.3 Å². The molecule has 5 nitrogen and oxygen atoms in total. The van der Waals surface area contributed by atoms with Crippen molar-refractivity contribution >= 4 is 6.03 Å². The van der Waals surface area contributed by atoms with Crippen LogP contribution < -0.4 is 10.6 Å². The van der Waals surface area contributed by atoms with E-state index >= 15 is 0 Å². The molecule has 1 aliphatic carbocycles. The van der Waals surface area contributed by atoms with Crippen LogP contribution in [0.15, 0.2) is 36.5 Å². The van der Waals surface area contributed by atoms with Crippen molar-refractivity contribution in [1.29, 1.82) is 0 Å². The maximum Gasteiger partial charge on any atom is 0.315 e. The Bertz CT molecular complexity index is 579. The van der Waals surface area contributed by atoms with Gasteiger partial charge < -0.3 is 10.6 Å². The summed E-state index contributed by atoms with van der Waals surface area (Å²) < 4.78 is 0. The molecule has 3 rings (SSSR count). The summed E-state index contributed by atoms with van der Waals surface area (Å²) >= 11 is 0. The van der Waals surface area contributed by atoms with Crippen molar-refractivity contribution < 1.29 is 4.79 Å². The summed E-state index contributed by atoms with van der Waals surface area (Å²) in [6, 6.07) is 9.97. The number of hydrogen-bond donors (Lipinski definition) is 3. The third-order valence-electron chi connectivity index (χ3n) is 3.65. The number of aryl methyl sites for hydroxylation is 1. The largest absolute Gasteiger partial charge is 0.335 e. The summed E-state index contributed by atoms with van der Waals surface area (Å²) in [6.45, 7) is 0.550. The molecule has 2 amide bonds. The molecule has 0 spiro atoms. The zero-order valence-corrected chi connectivity index (χ0v) is 11.2. The zero-order chi connectivity index (χ0) is 13.8. The van der Waals surface area contributed by atoms with E-state index in [0.717, 1.165) is 30.5 Å². The number of H-pyrrole nitrogens is 1. The Morgan fingerprint density at radius 2 is 2.20 bits per heavy atom. The van der Waals surface area contributed by atoms with Crippen molar-refractivity contribution in [1.82, 2.24) is 20.8 Å². The predicted molar refractivity (Wildman–Crippen MR) is 76.2 cm³/mol. The van der Waals surface area contributed by atoms with E-state index in [-0.39, 0.29) is 12.1 Å². The van der Waals surface area contributed by atoms with Gasteiger partial charge in [0.2, 0.25) is 0 Å². The molecule has 0 radical (unpaired) electrons. The van der Waals surface area contributed by atoms with Crippen molar-refractivity contribution in [2.24, 2.45) is 0 Å². The van der Waals surface area contributed by atoms with Gasteiger partial charge in [0, 0.05) is 24.7 Å². The Balaban J connectivity index is 1.48. The van der Waals surface area contributed by atoms with Crippen molar-refractivity contribution in [3.8, 4) is 0 Å². The lowest BCUT2D eigenvalue weighted by atomic mass is 9.94. The number of aromatic amines is 1. The Labute approximate surface area is 117 Å². The number of rotatable bonds is 3. The van der Waals surface area contributed by atoms with Gasteiger partial charge in [0.1, 0.15) is 0 Å². The van der Waals surface area contributed by atoms with Crippen molar-refractivity contribution in [2.45, 2.75) is 31.8 Å². The first-order chi connectivity index (χ1) is 9.81. The lowest BCUT2D eigenvalue weighted by Gasteiger charge is -2.22. The molecule has 1 heterocycles. The van der Waals surface area contributed by atoms with E-state index in [2.05, 4.69) is 20.8 Å². The standard InChI is InChI=1S/C15H18N4O/c20-15(16-9-11-4-2-1-3-5-11)18-13-7-6-12-10-17-19-14(12)8-13/h1-5,10,13H,6-9H2,(H,17,19)(H2,16,18,20). The summed E-state index contributed by atoms with van der Waals surface area (Å²) in [7, 11) is 0. The van der Waals surface area contributed by atoms with Crippen LogP contribution in [0, 0.1) is 0 Å². The minimum absolute atomic E-state index is 0.109. The molecule has 5 heteroatoms. The van der Waals surface area contributed by atoms with E-state index in [1.54, 1.807) is 0 Å². The van der Waals surface area contributed by atoms with Gasteiger partial charge in [-0.25, -0.2) is 4.79 Å². The summed E-state index contributed by atoms with van der Waals surface area (Å²) in [5.74, 6) is 0. The maximum atomic E-state index is 11.9. The maximum absolute atomic E-state index is 11.9. The molecule has 1 aliphatic rings. The second kappa shape index (κ2) is 5.77. The molecular formula is C15H18N4O. The molecule has 0 saturated carbocycles. The van der Waals surface area contributed by atoms with Crippen LogP contribution >= 0.6 is 0 Å². The third-order valence-corrected chi connectivity index (χ3v) is 3.65. The highest BCUT2D eigenvalue weighted by Crippen LogP contribution is 2.18. The smallest absolute Gasteiger partial charge is 0.315 e. The van der Waals surface area contributed by atoms with Crippen LogP contribution in [0.2, 0.25) is 0 Å². The summed E-state index contributed by atoms with van der Waals surface area (Å²) in [5.41, 5.74) is 3.51. The van der Waals surface area contributed by atoms with Gasteiger partial charge in [0.05, 0.1) is 6.20 Å². The van der Waals surface area contributed by atoms with Crippen LogP contribution in [0.25, 0.3) is 0 Å².